The van der Waals surface area contributed by atoms with Gasteiger partial charge in [-0.25, -0.2) is 0 Å². The SMILES string of the molecule is CC1(C)C2=CC(=O)CC(C)(C)[C@]23CC[C@@H]1C3. The molecule has 2 fully saturated rings. The van der Waals surface area contributed by atoms with Crippen LogP contribution in [0.15, 0.2) is 11.6 Å². The molecular weight excluding hydrogens is 196 g/mol. The normalized spacial score (nSPS) is 43.1. The first-order valence-electron chi connectivity index (χ1n) is 6.55. The third-order valence-electron chi connectivity index (χ3n) is 5.96. The number of ketones is 1. The van der Waals surface area contributed by atoms with E-state index in [1.807, 2.05) is 6.08 Å². The van der Waals surface area contributed by atoms with Crippen LogP contribution in [-0.4, -0.2) is 5.78 Å². The molecule has 2 atom stereocenters. The van der Waals surface area contributed by atoms with E-state index in [0.29, 0.717) is 11.2 Å². The van der Waals surface area contributed by atoms with Crippen LogP contribution in [0.5, 0.6) is 0 Å². The van der Waals surface area contributed by atoms with Gasteiger partial charge in [0.2, 0.25) is 0 Å². The van der Waals surface area contributed by atoms with Crippen LogP contribution in [0.3, 0.4) is 0 Å². The summed E-state index contributed by atoms with van der Waals surface area (Å²) in [6.07, 6.45) is 6.75. The van der Waals surface area contributed by atoms with Gasteiger partial charge in [-0.2, -0.15) is 0 Å². The average Bonchev–Trinajstić information content (AvgIpc) is 2.63. The Kier molecular flexibility index (Phi) is 1.73. The van der Waals surface area contributed by atoms with E-state index in [9.17, 15) is 4.79 Å². The van der Waals surface area contributed by atoms with Crippen LogP contribution < -0.4 is 0 Å². The second kappa shape index (κ2) is 2.63. The highest BCUT2D eigenvalue weighted by atomic mass is 16.1. The summed E-state index contributed by atoms with van der Waals surface area (Å²) in [6, 6.07) is 0. The summed E-state index contributed by atoms with van der Waals surface area (Å²) in [4.78, 5) is 11.9. The summed E-state index contributed by atoms with van der Waals surface area (Å²) in [5.41, 5.74) is 2.29. The molecule has 0 aromatic heterocycles. The number of carbonyl (C=O) groups is 1. The predicted molar refractivity (Wildman–Crippen MR) is 65.0 cm³/mol. The zero-order valence-electron chi connectivity index (χ0n) is 10.9. The average molecular weight is 218 g/mol. The maximum atomic E-state index is 11.9. The summed E-state index contributed by atoms with van der Waals surface area (Å²) in [5.74, 6) is 1.16. The fourth-order valence-corrected chi connectivity index (χ4v) is 4.86. The van der Waals surface area contributed by atoms with Crippen molar-refractivity contribution in [2.24, 2.45) is 22.2 Å². The Morgan fingerprint density at radius 3 is 2.62 bits per heavy atom. The molecule has 0 aromatic rings. The molecule has 0 saturated heterocycles. The first kappa shape index (κ1) is 10.6. The van der Waals surface area contributed by atoms with E-state index in [4.69, 9.17) is 0 Å². The molecule has 3 aliphatic rings. The van der Waals surface area contributed by atoms with Gasteiger partial charge < -0.3 is 0 Å². The number of hydrogen-bond donors (Lipinski definition) is 0. The fourth-order valence-electron chi connectivity index (χ4n) is 4.86. The van der Waals surface area contributed by atoms with Gasteiger partial charge in [-0.1, -0.05) is 33.3 Å². The zero-order valence-corrected chi connectivity index (χ0v) is 10.9. The van der Waals surface area contributed by atoms with E-state index in [-0.39, 0.29) is 10.8 Å². The van der Waals surface area contributed by atoms with Crippen molar-refractivity contribution in [2.45, 2.75) is 53.4 Å². The second-order valence-corrected chi connectivity index (χ2v) is 7.33. The van der Waals surface area contributed by atoms with Crippen molar-refractivity contribution >= 4 is 5.78 Å². The van der Waals surface area contributed by atoms with E-state index < -0.39 is 0 Å². The van der Waals surface area contributed by atoms with Crippen molar-refractivity contribution in [3.05, 3.63) is 11.6 Å². The van der Waals surface area contributed by atoms with Crippen molar-refractivity contribution < 1.29 is 4.79 Å². The molecule has 0 amide bonds. The van der Waals surface area contributed by atoms with Gasteiger partial charge in [0.1, 0.15) is 0 Å². The molecule has 0 heterocycles. The minimum Gasteiger partial charge on any atom is -0.295 e. The van der Waals surface area contributed by atoms with Crippen molar-refractivity contribution in [3.63, 3.8) is 0 Å². The van der Waals surface area contributed by atoms with Crippen LogP contribution in [0, 0.1) is 22.2 Å². The summed E-state index contributed by atoms with van der Waals surface area (Å²) in [5, 5.41) is 0. The molecule has 0 unspecified atom stereocenters. The van der Waals surface area contributed by atoms with Crippen molar-refractivity contribution in [1.29, 1.82) is 0 Å². The van der Waals surface area contributed by atoms with Crippen LogP contribution in [0.4, 0.5) is 0 Å². The minimum absolute atomic E-state index is 0.177. The monoisotopic (exact) mass is 218 g/mol. The van der Waals surface area contributed by atoms with E-state index in [2.05, 4.69) is 27.7 Å². The molecule has 1 nitrogen and oxygen atoms in total. The number of hydrogen-bond acceptors (Lipinski definition) is 1. The topological polar surface area (TPSA) is 17.1 Å². The van der Waals surface area contributed by atoms with Crippen LogP contribution in [0.1, 0.15) is 53.4 Å². The quantitative estimate of drug-likeness (QED) is 0.605. The second-order valence-electron chi connectivity index (χ2n) is 7.33. The van der Waals surface area contributed by atoms with Gasteiger partial charge in [-0.3, -0.25) is 4.79 Å². The van der Waals surface area contributed by atoms with Crippen LogP contribution in [0.2, 0.25) is 0 Å². The van der Waals surface area contributed by atoms with E-state index in [1.165, 1.54) is 24.8 Å². The summed E-state index contributed by atoms with van der Waals surface area (Å²) >= 11 is 0. The molecule has 1 heteroatoms. The van der Waals surface area contributed by atoms with Gasteiger partial charge >= 0.3 is 0 Å². The third-order valence-corrected chi connectivity index (χ3v) is 5.96. The molecule has 3 aliphatic carbocycles. The Hall–Kier alpha value is -0.590. The zero-order chi connectivity index (χ0) is 11.8. The molecule has 16 heavy (non-hydrogen) atoms. The molecule has 0 aliphatic heterocycles. The Bertz CT molecular complexity index is 400. The highest BCUT2D eigenvalue weighted by Gasteiger charge is 2.64. The van der Waals surface area contributed by atoms with Crippen LogP contribution in [-0.2, 0) is 4.79 Å². The maximum Gasteiger partial charge on any atom is 0.156 e. The Morgan fingerprint density at radius 1 is 1.25 bits per heavy atom. The molecule has 0 N–H and O–H groups in total. The number of allylic oxidation sites excluding steroid dienone is 2. The highest BCUT2D eigenvalue weighted by Crippen LogP contribution is 2.73. The fraction of sp³-hybridized carbons (Fsp3) is 0.800. The lowest BCUT2D eigenvalue weighted by Crippen LogP contribution is -2.43. The smallest absolute Gasteiger partial charge is 0.156 e. The van der Waals surface area contributed by atoms with Gasteiger partial charge in [-0.05, 0) is 47.5 Å². The van der Waals surface area contributed by atoms with Crippen molar-refractivity contribution in [2.75, 3.05) is 0 Å². The summed E-state index contributed by atoms with van der Waals surface area (Å²) in [6.45, 7) is 9.31. The highest BCUT2D eigenvalue weighted by molar-refractivity contribution is 5.93. The lowest BCUT2D eigenvalue weighted by atomic mass is 9.53. The third kappa shape index (κ3) is 0.959. The first-order chi connectivity index (χ1) is 7.30. The Balaban J connectivity index is 2.22. The first-order valence-corrected chi connectivity index (χ1v) is 6.55. The number of fused-ring (bicyclic) bond motifs is 1. The standard InChI is InChI=1S/C15H22O/c1-13(2)9-11(16)7-12-14(3,4)10-5-6-15(12,13)8-10/h7,10H,5-6,8-9H2,1-4H3/t10-,15+/m1/s1. The van der Waals surface area contributed by atoms with Crippen LogP contribution in [0.25, 0.3) is 0 Å². The van der Waals surface area contributed by atoms with E-state index in [1.54, 1.807) is 0 Å². The van der Waals surface area contributed by atoms with Crippen LogP contribution >= 0.6 is 0 Å². The molecular formula is C15H22O. The largest absolute Gasteiger partial charge is 0.295 e. The molecule has 2 saturated carbocycles. The van der Waals surface area contributed by atoms with E-state index in [0.717, 1.165) is 12.3 Å². The van der Waals surface area contributed by atoms with Gasteiger partial charge in [-0.15, -0.1) is 0 Å². The molecule has 3 rings (SSSR count). The van der Waals surface area contributed by atoms with Crippen molar-refractivity contribution in [3.8, 4) is 0 Å². The van der Waals surface area contributed by atoms with Crippen molar-refractivity contribution in [1.82, 2.24) is 0 Å². The van der Waals surface area contributed by atoms with Gasteiger partial charge in [0.25, 0.3) is 0 Å². The predicted octanol–water partition coefficient (Wildman–Crippen LogP) is 3.74. The lowest BCUT2D eigenvalue weighted by molar-refractivity contribution is -0.119. The summed E-state index contributed by atoms with van der Waals surface area (Å²) in [7, 11) is 0. The minimum atomic E-state index is 0.177. The molecule has 2 bridgehead atoms. The summed E-state index contributed by atoms with van der Waals surface area (Å²) < 4.78 is 0. The van der Waals surface area contributed by atoms with Gasteiger partial charge in [0.05, 0.1) is 0 Å². The molecule has 1 spiro atoms. The molecule has 0 radical (unpaired) electrons. The number of rotatable bonds is 0. The van der Waals surface area contributed by atoms with E-state index >= 15 is 0 Å². The molecule has 88 valence electrons. The van der Waals surface area contributed by atoms with Gasteiger partial charge in [0.15, 0.2) is 5.78 Å². The van der Waals surface area contributed by atoms with Gasteiger partial charge in [0, 0.05) is 6.42 Å². The maximum absolute atomic E-state index is 11.9. The Morgan fingerprint density at radius 2 is 1.94 bits per heavy atom. The Labute approximate surface area is 98.3 Å². The number of carbonyl (C=O) groups excluding carboxylic acids is 1. The molecule has 0 aromatic carbocycles. The lowest BCUT2D eigenvalue weighted by Gasteiger charge is -2.50.